The summed E-state index contributed by atoms with van der Waals surface area (Å²) < 4.78 is 38.8. The molecule has 2 aromatic rings. The fourth-order valence-electron chi connectivity index (χ4n) is 2.76. The van der Waals surface area contributed by atoms with E-state index in [0.717, 1.165) is 19.2 Å². The first kappa shape index (κ1) is 24.5. The smallest absolute Gasteiger partial charge is 0.416 e. The molecule has 0 spiro atoms. The average Bonchev–Trinajstić information content (AvgIpc) is 2.69. The molecule has 0 saturated carbocycles. The van der Waals surface area contributed by atoms with E-state index in [0.29, 0.717) is 4.90 Å². The maximum atomic E-state index is 15.1. The summed E-state index contributed by atoms with van der Waals surface area (Å²) in [5.74, 6) is -5.20. The van der Waals surface area contributed by atoms with Crippen LogP contribution in [-0.4, -0.2) is 42.4 Å². The number of Topliss-reactive ketones (excluding diaryl/α,β-unsaturated/α-hetero) is 1. The zero-order valence-corrected chi connectivity index (χ0v) is 19.2. The third-order valence-electron chi connectivity index (χ3n) is 4.24. The van der Waals surface area contributed by atoms with E-state index in [4.69, 9.17) is 9.47 Å². The number of likely N-dealkylation sites (N-methyl/N-ethyl adjacent to an activating group) is 1. The Balaban J connectivity index is 2.63. The number of benzene rings is 2. The Morgan fingerprint density at radius 1 is 1.03 bits per heavy atom. The van der Waals surface area contributed by atoms with Gasteiger partial charge in [-0.25, -0.2) is 18.5 Å². The normalized spacial score (nSPS) is 12.1. The van der Waals surface area contributed by atoms with Crippen LogP contribution in [0.1, 0.15) is 42.6 Å². The fraction of sp³-hybridized carbons (Fsp3) is 0.318. The molecule has 2 amide bonds. The van der Waals surface area contributed by atoms with Crippen molar-refractivity contribution in [2.75, 3.05) is 14.2 Å². The molecular formula is C22H22BrF2NO5. The molecule has 0 fully saturated rings. The molecule has 166 valence electrons. The van der Waals surface area contributed by atoms with Gasteiger partial charge in [0.15, 0.2) is 5.78 Å². The standard InChI is InChI=1S/C22H22BrF2NO5/c1-22(2,3)31-21(29)26(4)20(28)17(19(27)12-6-8-13(24)9-7-12)16-15(30-5)11-10-14(23)18(16)25/h6-11,17H,1-5H3. The van der Waals surface area contributed by atoms with Crippen LogP contribution in [0, 0.1) is 11.6 Å². The maximum absolute atomic E-state index is 15.1. The van der Waals surface area contributed by atoms with Crippen LogP contribution in [-0.2, 0) is 9.53 Å². The molecule has 6 nitrogen and oxygen atoms in total. The number of carbonyl (C=O) groups is 3. The first-order valence-electron chi connectivity index (χ1n) is 9.19. The molecule has 0 aliphatic rings. The minimum atomic E-state index is -1.78. The van der Waals surface area contributed by atoms with E-state index >= 15 is 4.39 Å². The van der Waals surface area contributed by atoms with Gasteiger partial charge in [0, 0.05) is 12.6 Å². The van der Waals surface area contributed by atoms with Gasteiger partial charge in [-0.15, -0.1) is 0 Å². The Bertz CT molecular complexity index is 1000. The largest absolute Gasteiger partial charge is 0.496 e. The highest BCUT2D eigenvalue weighted by molar-refractivity contribution is 9.10. The van der Waals surface area contributed by atoms with Crippen LogP contribution in [0.15, 0.2) is 40.9 Å². The van der Waals surface area contributed by atoms with Crippen LogP contribution in [0.2, 0.25) is 0 Å². The van der Waals surface area contributed by atoms with Gasteiger partial charge < -0.3 is 9.47 Å². The number of ether oxygens (including phenoxy) is 2. The van der Waals surface area contributed by atoms with Crippen LogP contribution < -0.4 is 4.74 Å². The van der Waals surface area contributed by atoms with Crippen molar-refractivity contribution in [2.45, 2.75) is 32.3 Å². The number of imide groups is 1. The summed E-state index contributed by atoms with van der Waals surface area (Å²) in [7, 11) is 2.39. The predicted molar refractivity (Wildman–Crippen MR) is 113 cm³/mol. The van der Waals surface area contributed by atoms with Gasteiger partial charge in [-0.2, -0.15) is 0 Å². The van der Waals surface area contributed by atoms with Crippen molar-refractivity contribution in [1.82, 2.24) is 4.90 Å². The summed E-state index contributed by atoms with van der Waals surface area (Å²) in [5, 5.41) is 0. The number of carbonyl (C=O) groups excluding carboxylic acids is 3. The number of nitrogens with zero attached hydrogens (tertiary/aromatic N) is 1. The molecule has 1 atom stereocenters. The second-order valence-electron chi connectivity index (χ2n) is 7.66. The third-order valence-corrected chi connectivity index (χ3v) is 4.85. The van der Waals surface area contributed by atoms with Gasteiger partial charge in [-0.05, 0) is 73.1 Å². The lowest BCUT2D eigenvalue weighted by Crippen LogP contribution is -2.42. The van der Waals surface area contributed by atoms with E-state index in [1.807, 2.05) is 0 Å². The van der Waals surface area contributed by atoms with Crippen molar-refractivity contribution in [3.05, 3.63) is 63.6 Å². The number of amides is 2. The molecule has 0 aliphatic carbocycles. The van der Waals surface area contributed by atoms with E-state index < -0.39 is 40.9 Å². The first-order chi connectivity index (χ1) is 14.4. The summed E-state index contributed by atoms with van der Waals surface area (Å²) in [5.41, 5.74) is -1.30. The minimum Gasteiger partial charge on any atom is -0.496 e. The number of ketones is 1. The van der Waals surface area contributed by atoms with Crippen LogP contribution in [0.4, 0.5) is 13.6 Å². The van der Waals surface area contributed by atoms with Crippen LogP contribution >= 0.6 is 15.9 Å². The molecule has 0 aliphatic heterocycles. The zero-order valence-electron chi connectivity index (χ0n) is 17.7. The second-order valence-corrected chi connectivity index (χ2v) is 8.51. The lowest BCUT2D eigenvalue weighted by Gasteiger charge is -2.27. The summed E-state index contributed by atoms with van der Waals surface area (Å²) in [4.78, 5) is 39.6. The zero-order chi connectivity index (χ0) is 23.5. The molecular weight excluding hydrogens is 476 g/mol. The monoisotopic (exact) mass is 497 g/mol. The number of methoxy groups -OCH3 is 1. The molecule has 0 N–H and O–H groups in total. The Morgan fingerprint density at radius 3 is 2.13 bits per heavy atom. The lowest BCUT2D eigenvalue weighted by atomic mass is 9.88. The summed E-state index contributed by atoms with van der Waals surface area (Å²) >= 11 is 3.04. The highest BCUT2D eigenvalue weighted by Crippen LogP contribution is 2.36. The molecule has 0 bridgehead atoms. The van der Waals surface area contributed by atoms with Crippen molar-refractivity contribution in [3.63, 3.8) is 0 Å². The van der Waals surface area contributed by atoms with Crippen molar-refractivity contribution in [1.29, 1.82) is 0 Å². The van der Waals surface area contributed by atoms with E-state index in [2.05, 4.69) is 15.9 Å². The summed E-state index contributed by atoms with van der Waals surface area (Å²) in [6.45, 7) is 4.84. The SMILES string of the molecule is COc1ccc(Br)c(F)c1C(C(=O)c1ccc(F)cc1)C(=O)N(C)C(=O)OC(C)(C)C. The maximum Gasteiger partial charge on any atom is 0.416 e. The molecule has 31 heavy (non-hydrogen) atoms. The van der Waals surface area contributed by atoms with E-state index in [-0.39, 0.29) is 21.3 Å². The Hall–Kier alpha value is -2.81. The summed E-state index contributed by atoms with van der Waals surface area (Å²) in [6, 6.07) is 7.18. The second kappa shape index (κ2) is 9.55. The number of halogens is 3. The van der Waals surface area contributed by atoms with E-state index in [1.54, 1.807) is 20.8 Å². The quantitative estimate of drug-likeness (QED) is 0.424. The van der Waals surface area contributed by atoms with Gasteiger partial charge in [0.05, 0.1) is 17.1 Å². The Kier molecular flexibility index (Phi) is 7.54. The molecule has 0 radical (unpaired) electrons. The molecule has 0 heterocycles. The fourth-order valence-corrected chi connectivity index (χ4v) is 3.10. The third kappa shape index (κ3) is 5.66. The van der Waals surface area contributed by atoms with Crippen molar-refractivity contribution in [3.8, 4) is 5.75 Å². The highest BCUT2D eigenvalue weighted by atomic mass is 79.9. The van der Waals surface area contributed by atoms with E-state index in [9.17, 15) is 18.8 Å². The highest BCUT2D eigenvalue weighted by Gasteiger charge is 2.39. The number of hydrogen-bond acceptors (Lipinski definition) is 5. The van der Waals surface area contributed by atoms with Gasteiger partial charge in [0.1, 0.15) is 28.9 Å². The molecule has 2 aromatic carbocycles. The Labute approximate surface area is 187 Å². The predicted octanol–water partition coefficient (Wildman–Crippen LogP) is 5.10. The van der Waals surface area contributed by atoms with Crippen molar-refractivity contribution >= 4 is 33.7 Å². The van der Waals surface area contributed by atoms with Crippen LogP contribution in [0.25, 0.3) is 0 Å². The molecule has 0 aromatic heterocycles. The Morgan fingerprint density at radius 2 is 1.61 bits per heavy atom. The van der Waals surface area contributed by atoms with Gasteiger partial charge in [-0.1, -0.05) is 0 Å². The lowest BCUT2D eigenvalue weighted by molar-refractivity contribution is -0.129. The first-order valence-corrected chi connectivity index (χ1v) is 9.99. The molecule has 0 saturated heterocycles. The topological polar surface area (TPSA) is 72.9 Å². The van der Waals surface area contributed by atoms with Crippen molar-refractivity contribution < 1.29 is 32.6 Å². The van der Waals surface area contributed by atoms with Gasteiger partial charge >= 0.3 is 6.09 Å². The average molecular weight is 498 g/mol. The van der Waals surface area contributed by atoms with Gasteiger partial charge in [0.2, 0.25) is 5.91 Å². The van der Waals surface area contributed by atoms with Crippen molar-refractivity contribution in [2.24, 2.45) is 0 Å². The van der Waals surface area contributed by atoms with Gasteiger partial charge in [0.25, 0.3) is 0 Å². The van der Waals surface area contributed by atoms with Crippen LogP contribution in [0.5, 0.6) is 5.75 Å². The minimum absolute atomic E-state index is 0.00655. The number of rotatable bonds is 5. The summed E-state index contributed by atoms with van der Waals surface area (Å²) in [6.07, 6.45) is -1.01. The van der Waals surface area contributed by atoms with Gasteiger partial charge in [-0.3, -0.25) is 9.59 Å². The molecule has 1 unspecified atom stereocenters. The molecule has 9 heteroatoms. The van der Waals surface area contributed by atoms with Crippen LogP contribution in [0.3, 0.4) is 0 Å². The number of hydrogen-bond donors (Lipinski definition) is 0. The molecule has 2 rings (SSSR count). The van der Waals surface area contributed by atoms with E-state index in [1.165, 1.54) is 31.4 Å².